The lowest BCUT2D eigenvalue weighted by Crippen LogP contribution is -2.45. The second-order valence-electron chi connectivity index (χ2n) is 5.56. The van der Waals surface area contributed by atoms with Crippen LogP contribution >= 0.6 is 0 Å². The van der Waals surface area contributed by atoms with E-state index in [9.17, 15) is 0 Å². The van der Waals surface area contributed by atoms with Gasteiger partial charge in [-0.05, 0) is 44.5 Å². The summed E-state index contributed by atoms with van der Waals surface area (Å²) in [5.74, 6) is 0. The number of ether oxygens (including phenoxy) is 1. The zero-order chi connectivity index (χ0) is 13.8. The molecule has 1 aliphatic rings. The maximum absolute atomic E-state index is 5.80. The van der Waals surface area contributed by atoms with E-state index in [2.05, 4.69) is 56.1 Å². The van der Waals surface area contributed by atoms with Crippen molar-refractivity contribution >= 4 is 5.69 Å². The predicted octanol–water partition coefficient (Wildman–Crippen LogP) is 2.72. The highest BCUT2D eigenvalue weighted by molar-refractivity contribution is 5.55. The van der Waals surface area contributed by atoms with Crippen LogP contribution in [0.25, 0.3) is 0 Å². The number of hydrogen-bond acceptors (Lipinski definition) is 3. The molecule has 106 valence electrons. The molecule has 2 atom stereocenters. The molecule has 1 aromatic rings. The molecule has 0 spiro atoms. The van der Waals surface area contributed by atoms with E-state index in [1.807, 2.05) is 0 Å². The van der Waals surface area contributed by atoms with Crippen LogP contribution in [0.1, 0.15) is 31.9 Å². The van der Waals surface area contributed by atoms with E-state index in [1.54, 1.807) is 0 Å². The number of aryl methyl sites for hydroxylation is 1. The second kappa shape index (κ2) is 6.40. The Morgan fingerprint density at radius 2 is 1.95 bits per heavy atom. The predicted molar refractivity (Wildman–Crippen MR) is 80.8 cm³/mol. The molecule has 0 amide bonds. The summed E-state index contributed by atoms with van der Waals surface area (Å²) in [7, 11) is 0. The number of nitrogens with one attached hydrogen (secondary N) is 1. The monoisotopic (exact) mass is 262 g/mol. The van der Waals surface area contributed by atoms with E-state index in [1.165, 1.54) is 16.8 Å². The van der Waals surface area contributed by atoms with Gasteiger partial charge in [0.15, 0.2) is 0 Å². The van der Waals surface area contributed by atoms with Gasteiger partial charge in [-0.1, -0.05) is 19.1 Å². The Hall–Kier alpha value is -1.06. The summed E-state index contributed by atoms with van der Waals surface area (Å²) in [6.45, 7) is 12.6. The van der Waals surface area contributed by atoms with Crippen LogP contribution in [0.5, 0.6) is 0 Å². The first-order chi connectivity index (χ1) is 9.10. The van der Waals surface area contributed by atoms with Gasteiger partial charge in [0.25, 0.3) is 0 Å². The fraction of sp³-hybridized carbons (Fsp3) is 0.625. The molecule has 0 saturated carbocycles. The number of nitrogens with zero attached hydrogens (tertiary/aromatic N) is 1. The van der Waals surface area contributed by atoms with Crippen molar-refractivity contribution in [3.63, 3.8) is 0 Å². The molecule has 0 aromatic heterocycles. The van der Waals surface area contributed by atoms with E-state index in [0.29, 0.717) is 12.2 Å². The van der Waals surface area contributed by atoms with Gasteiger partial charge in [-0.2, -0.15) is 0 Å². The van der Waals surface area contributed by atoms with Gasteiger partial charge in [0.05, 0.1) is 12.2 Å². The van der Waals surface area contributed by atoms with Gasteiger partial charge in [0, 0.05) is 25.3 Å². The van der Waals surface area contributed by atoms with Crippen molar-refractivity contribution in [1.82, 2.24) is 5.32 Å². The Bertz CT molecular complexity index is 409. The highest BCUT2D eigenvalue weighted by atomic mass is 16.5. The van der Waals surface area contributed by atoms with E-state index >= 15 is 0 Å². The number of morpholine rings is 1. The minimum Gasteiger partial charge on any atom is -0.372 e. The Labute approximate surface area is 116 Å². The van der Waals surface area contributed by atoms with Crippen molar-refractivity contribution in [3.05, 3.63) is 29.3 Å². The smallest absolute Gasteiger partial charge is 0.0726 e. The van der Waals surface area contributed by atoms with Crippen molar-refractivity contribution < 1.29 is 4.74 Å². The van der Waals surface area contributed by atoms with Crippen LogP contribution in [0, 0.1) is 6.92 Å². The van der Waals surface area contributed by atoms with Crippen LogP contribution in [-0.2, 0) is 11.3 Å². The second-order valence-corrected chi connectivity index (χ2v) is 5.56. The van der Waals surface area contributed by atoms with Crippen LogP contribution < -0.4 is 10.2 Å². The highest BCUT2D eigenvalue weighted by Gasteiger charge is 2.23. The average molecular weight is 262 g/mol. The molecule has 3 nitrogen and oxygen atoms in total. The molecule has 1 N–H and O–H groups in total. The fourth-order valence-electron chi connectivity index (χ4n) is 2.83. The third-order valence-corrected chi connectivity index (χ3v) is 3.60. The fourth-order valence-corrected chi connectivity index (χ4v) is 2.83. The van der Waals surface area contributed by atoms with Crippen LogP contribution in [0.4, 0.5) is 5.69 Å². The summed E-state index contributed by atoms with van der Waals surface area (Å²) in [6, 6.07) is 6.78. The number of hydrogen-bond donors (Lipinski definition) is 1. The quantitative estimate of drug-likeness (QED) is 0.903. The van der Waals surface area contributed by atoms with Gasteiger partial charge in [-0.25, -0.2) is 0 Å². The van der Waals surface area contributed by atoms with Crippen molar-refractivity contribution in [2.24, 2.45) is 0 Å². The first-order valence-electron chi connectivity index (χ1n) is 7.30. The summed E-state index contributed by atoms with van der Waals surface area (Å²) in [6.07, 6.45) is 0.620. The standard InChI is InChI=1S/C16H26N2O/c1-5-17-9-15-6-7-16(12(2)8-15)18-10-13(3)19-14(4)11-18/h6-8,13-14,17H,5,9-11H2,1-4H3. The highest BCUT2D eigenvalue weighted by Crippen LogP contribution is 2.25. The Morgan fingerprint density at radius 1 is 1.26 bits per heavy atom. The minimum absolute atomic E-state index is 0.310. The largest absolute Gasteiger partial charge is 0.372 e. The van der Waals surface area contributed by atoms with Crippen LogP contribution in [-0.4, -0.2) is 31.8 Å². The molecular formula is C16H26N2O. The molecule has 2 unspecified atom stereocenters. The Morgan fingerprint density at radius 3 is 2.53 bits per heavy atom. The Kier molecular flexibility index (Phi) is 4.83. The molecule has 0 aliphatic carbocycles. The van der Waals surface area contributed by atoms with Gasteiger partial charge < -0.3 is 15.0 Å². The zero-order valence-electron chi connectivity index (χ0n) is 12.6. The van der Waals surface area contributed by atoms with E-state index in [4.69, 9.17) is 4.74 Å². The molecular weight excluding hydrogens is 236 g/mol. The third kappa shape index (κ3) is 3.71. The van der Waals surface area contributed by atoms with Crippen molar-refractivity contribution in [1.29, 1.82) is 0 Å². The van der Waals surface area contributed by atoms with Gasteiger partial charge >= 0.3 is 0 Å². The molecule has 2 rings (SSSR count). The molecule has 1 heterocycles. The lowest BCUT2D eigenvalue weighted by Gasteiger charge is -2.37. The molecule has 19 heavy (non-hydrogen) atoms. The number of anilines is 1. The van der Waals surface area contributed by atoms with E-state index in [-0.39, 0.29) is 0 Å². The first-order valence-corrected chi connectivity index (χ1v) is 7.30. The normalized spacial score (nSPS) is 23.7. The van der Waals surface area contributed by atoms with E-state index in [0.717, 1.165) is 26.2 Å². The summed E-state index contributed by atoms with van der Waals surface area (Å²) in [5.41, 5.74) is 4.07. The minimum atomic E-state index is 0.310. The van der Waals surface area contributed by atoms with E-state index < -0.39 is 0 Å². The summed E-state index contributed by atoms with van der Waals surface area (Å²) in [5, 5.41) is 3.37. The maximum Gasteiger partial charge on any atom is 0.0726 e. The Balaban J connectivity index is 2.11. The van der Waals surface area contributed by atoms with Crippen molar-refractivity contribution in [3.8, 4) is 0 Å². The molecule has 0 radical (unpaired) electrons. The topological polar surface area (TPSA) is 24.5 Å². The summed E-state index contributed by atoms with van der Waals surface area (Å²) < 4.78 is 5.80. The van der Waals surface area contributed by atoms with Crippen molar-refractivity contribution in [2.45, 2.75) is 46.4 Å². The van der Waals surface area contributed by atoms with Crippen LogP contribution in [0.15, 0.2) is 18.2 Å². The SMILES string of the molecule is CCNCc1ccc(N2CC(C)OC(C)C2)c(C)c1. The van der Waals surface area contributed by atoms with Gasteiger partial charge in [-0.15, -0.1) is 0 Å². The molecule has 1 aromatic carbocycles. The van der Waals surface area contributed by atoms with Crippen molar-refractivity contribution in [2.75, 3.05) is 24.5 Å². The van der Waals surface area contributed by atoms with Gasteiger partial charge in [-0.3, -0.25) is 0 Å². The molecule has 1 fully saturated rings. The van der Waals surface area contributed by atoms with Crippen LogP contribution in [0.2, 0.25) is 0 Å². The van der Waals surface area contributed by atoms with Gasteiger partial charge in [0.2, 0.25) is 0 Å². The zero-order valence-corrected chi connectivity index (χ0v) is 12.6. The molecule has 3 heteroatoms. The number of benzene rings is 1. The third-order valence-electron chi connectivity index (χ3n) is 3.60. The lowest BCUT2D eigenvalue weighted by atomic mass is 10.1. The molecule has 1 aliphatic heterocycles. The summed E-state index contributed by atoms with van der Waals surface area (Å²) in [4.78, 5) is 2.45. The first kappa shape index (κ1) is 14.4. The molecule has 1 saturated heterocycles. The number of rotatable bonds is 4. The molecule has 0 bridgehead atoms. The van der Waals surface area contributed by atoms with Gasteiger partial charge in [0.1, 0.15) is 0 Å². The lowest BCUT2D eigenvalue weighted by molar-refractivity contribution is -0.00524. The van der Waals surface area contributed by atoms with Crippen LogP contribution in [0.3, 0.4) is 0 Å². The average Bonchev–Trinajstić information content (AvgIpc) is 2.35. The summed E-state index contributed by atoms with van der Waals surface area (Å²) >= 11 is 0. The maximum atomic E-state index is 5.80.